The molecule has 0 aliphatic rings. The lowest BCUT2D eigenvalue weighted by Crippen LogP contribution is -2.15. The molecule has 22 heavy (non-hydrogen) atoms. The predicted molar refractivity (Wildman–Crippen MR) is 87.6 cm³/mol. The van der Waals surface area contributed by atoms with E-state index in [-0.39, 0.29) is 16.8 Å². The third-order valence-electron chi connectivity index (χ3n) is 2.65. The highest BCUT2D eigenvalue weighted by Crippen LogP contribution is 2.24. The van der Waals surface area contributed by atoms with E-state index in [1.54, 1.807) is 18.2 Å². The molecule has 2 aromatic rings. The highest BCUT2D eigenvalue weighted by molar-refractivity contribution is 9.11. The van der Waals surface area contributed by atoms with Crippen LogP contribution in [0.25, 0.3) is 6.08 Å². The summed E-state index contributed by atoms with van der Waals surface area (Å²) in [4.78, 5) is 24.0. The van der Waals surface area contributed by atoms with Gasteiger partial charge in [-0.15, -0.1) is 11.3 Å². The molecule has 0 aliphatic carbocycles. The molecule has 2 rings (SSSR count). The van der Waals surface area contributed by atoms with Crippen molar-refractivity contribution in [1.29, 1.82) is 5.26 Å². The Hall–Kier alpha value is -2.43. The number of nitriles is 1. The normalized spacial score (nSPS) is 10.8. The van der Waals surface area contributed by atoms with Crippen molar-refractivity contribution in [1.82, 2.24) is 0 Å². The van der Waals surface area contributed by atoms with E-state index < -0.39 is 11.9 Å². The molecule has 7 heteroatoms. The minimum Gasteiger partial charge on any atom is -0.478 e. The zero-order valence-electron chi connectivity index (χ0n) is 11.0. The fourth-order valence-corrected chi connectivity index (χ4v) is 3.03. The van der Waals surface area contributed by atoms with Crippen molar-refractivity contribution in [2.45, 2.75) is 0 Å². The lowest BCUT2D eigenvalue weighted by Gasteiger charge is -2.07. The Kier molecular flexibility index (Phi) is 5.09. The summed E-state index contributed by atoms with van der Waals surface area (Å²) in [6, 6.07) is 11.4. The first-order valence-corrected chi connectivity index (χ1v) is 7.63. The number of carbonyl (C=O) groups is 2. The summed E-state index contributed by atoms with van der Waals surface area (Å²) in [6.07, 6.45) is 1.45. The number of benzene rings is 1. The van der Waals surface area contributed by atoms with Crippen molar-refractivity contribution in [2.75, 3.05) is 5.32 Å². The number of thiophene rings is 1. The quantitative estimate of drug-likeness (QED) is 0.627. The van der Waals surface area contributed by atoms with Gasteiger partial charge in [0.1, 0.15) is 11.6 Å². The largest absolute Gasteiger partial charge is 0.478 e. The molecule has 2 N–H and O–H groups in total. The van der Waals surface area contributed by atoms with Gasteiger partial charge in [0.15, 0.2) is 0 Å². The standard InChI is InChI=1S/C15H9BrN2O3S/c16-13-6-5-10(22-13)7-9(8-17)14(19)18-12-4-2-1-3-11(12)15(20)21/h1-7H,(H,18,19)(H,20,21). The SMILES string of the molecule is N#CC(=Cc1ccc(Br)s1)C(=O)Nc1ccccc1C(=O)O. The number of carbonyl (C=O) groups excluding carboxylic acids is 1. The van der Waals surface area contributed by atoms with Gasteiger partial charge in [-0.3, -0.25) is 4.79 Å². The number of aromatic carboxylic acids is 1. The molecule has 0 atom stereocenters. The Bertz CT molecular complexity index is 805. The van der Waals surface area contributed by atoms with Gasteiger partial charge in [0, 0.05) is 4.88 Å². The second kappa shape index (κ2) is 7.02. The Morgan fingerprint density at radius 2 is 2.00 bits per heavy atom. The molecule has 0 unspecified atom stereocenters. The number of nitrogens with zero attached hydrogens (tertiary/aromatic N) is 1. The fourth-order valence-electron chi connectivity index (χ4n) is 1.66. The molecule has 1 heterocycles. The maximum atomic E-state index is 12.1. The van der Waals surface area contributed by atoms with Crippen LogP contribution in [0.4, 0.5) is 5.69 Å². The number of rotatable bonds is 4. The van der Waals surface area contributed by atoms with Gasteiger partial charge in [-0.25, -0.2) is 4.79 Å². The summed E-state index contributed by atoms with van der Waals surface area (Å²) in [7, 11) is 0. The highest BCUT2D eigenvalue weighted by Gasteiger charge is 2.15. The number of para-hydroxylation sites is 1. The molecule has 0 aliphatic heterocycles. The van der Waals surface area contributed by atoms with Crippen molar-refractivity contribution < 1.29 is 14.7 Å². The molecular weight excluding hydrogens is 368 g/mol. The predicted octanol–water partition coefficient (Wildman–Crippen LogP) is 3.75. The van der Waals surface area contributed by atoms with E-state index in [1.807, 2.05) is 12.1 Å². The molecule has 1 aromatic heterocycles. The molecule has 5 nitrogen and oxygen atoms in total. The minimum atomic E-state index is -1.15. The van der Waals surface area contributed by atoms with Crippen LogP contribution in [0, 0.1) is 11.3 Å². The van der Waals surface area contributed by atoms with Gasteiger partial charge in [-0.1, -0.05) is 12.1 Å². The first kappa shape index (κ1) is 15.9. The summed E-state index contributed by atoms with van der Waals surface area (Å²) >= 11 is 4.68. The Labute approximate surface area is 138 Å². The molecule has 1 amide bonds. The van der Waals surface area contributed by atoms with Crippen LogP contribution in [0.2, 0.25) is 0 Å². The molecule has 0 saturated heterocycles. The topological polar surface area (TPSA) is 90.2 Å². The Morgan fingerprint density at radius 1 is 1.27 bits per heavy atom. The number of anilines is 1. The molecule has 0 spiro atoms. The van der Waals surface area contributed by atoms with E-state index in [0.717, 1.165) is 8.66 Å². The first-order valence-electron chi connectivity index (χ1n) is 6.02. The summed E-state index contributed by atoms with van der Waals surface area (Å²) in [5, 5.41) is 20.6. The van der Waals surface area contributed by atoms with Crippen molar-refractivity contribution in [2.24, 2.45) is 0 Å². The molecule has 110 valence electrons. The average Bonchev–Trinajstić information content (AvgIpc) is 2.90. The van der Waals surface area contributed by atoms with Crippen molar-refractivity contribution >= 4 is 50.9 Å². The minimum absolute atomic E-state index is 0.0352. The Morgan fingerprint density at radius 3 is 2.59 bits per heavy atom. The summed E-state index contributed by atoms with van der Waals surface area (Å²) < 4.78 is 0.882. The molecule has 0 bridgehead atoms. The van der Waals surface area contributed by atoms with Gasteiger partial charge in [0.25, 0.3) is 5.91 Å². The van der Waals surface area contributed by atoms with Gasteiger partial charge >= 0.3 is 5.97 Å². The first-order chi connectivity index (χ1) is 10.5. The average molecular weight is 377 g/mol. The van der Waals surface area contributed by atoms with Crippen LogP contribution in [-0.2, 0) is 4.79 Å². The summed E-state index contributed by atoms with van der Waals surface area (Å²) in [5.74, 6) is -1.80. The zero-order chi connectivity index (χ0) is 16.1. The number of carboxylic acids is 1. The monoisotopic (exact) mass is 376 g/mol. The van der Waals surface area contributed by atoms with Gasteiger partial charge in [-0.2, -0.15) is 5.26 Å². The lowest BCUT2D eigenvalue weighted by molar-refractivity contribution is -0.112. The van der Waals surface area contributed by atoms with E-state index in [9.17, 15) is 9.59 Å². The van der Waals surface area contributed by atoms with E-state index in [2.05, 4.69) is 21.2 Å². The van der Waals surface area contributed by atoms with Gasteiger partial charge < -0.3 is 10.4 Å². The number of carboxylic acid groups (broad SMARTS) is 1. The molecule has 0 saturated carbocycles. The van der Waals surface area contributed by atoms with Crippen LogP contribution < -0.4 is 5.32 Å². The van der Waals surface area contributed by atoms with Crippen molar-refractivity contribution in [3.63, 3.8) is 0 Å². The maximum Gasteiger partial charge on any atom is 0.337 e. The van der Waals surface area contributed by atoms with E-state index >= 15 is 0 Å². The smallest absolute Gasteiger partial charge is 0.337 e. The van der Waals surface area contributed by atoms with Gasteiger partial charge in [0.05, 0.1) is 15.0 Å². The third-order valence-corrected chi connectivity index (χ3v) is 4.22. The summed E-state index contributed by atoms with van der Waals surface area (Å²) in [5.41, 5.74) is 0.00931. The van der Waals surface area contributed by atoms with Crippen molar-refractivity contribution in [3.05, 3.63) is 56.2 Å². The van der Waals surface area contributed by atoms with Crippen molar-refractivity contribution in [3.8, 4) is 6.07 Å². The number of amides is 1. The summed E-state index contributed by atoms with van der Waals surface area (Å²) in [6.45, 7) is 0. The Balaban J connectivity index is 2.26. The fraction of sp³-hybridized carbons (Fsp3) is 0. The second-order valence-electron chi connectivity index (χ2n) is 4.12. The van der Waals surface area contributed by atoms with Crippen LogP contribution in [0.5, 0.6) is 0 Å². The number of hydrogen-bond acceptors (Lipinski definition) is 4. The van der Waals surface area contributed by atoms with Gasteiger partial charge in [0.2, 0.25) is 0 Å². The van der Waals surface area contributed by atoms with Crippen LogP contribution in [0.3, 0.4) is 0 Å². The highest BCUT2D eigenvalue weighted by atomic mass is 79.9. The zero-order valence-corrected chi connectivity index (χ0v) is 13.4. The molecule has 0 fully saturated rings. The second-order valence-corrected chi connectivity index (χ2v) is 6.61. The van der Waals surface area contributed by atoms with E-state index in [0.29, 0.717) is 0 Å². The third kappa shape index (κ3) is 3.81. The van der Waals surface area contributed by atoms with E-state index in [1.165, 1.54) is 29.5 Å². The molecule has 1 aromatic carbocycles. The number of halogens is 1. The molecule has 0 radical (unpaired) electrons. The maximum absolute atomic E-state index is 12.1. The van der Waals surface area contributed by atoms with Crippen LogP contribution in [-0.4, -0.2) is 17.0 Å². The number of hydrogen-bond donors (Lipinski definition) is 2. The van der Waals surface area contributed by atoms with Crippen LogP contribution >= 0.6 is 27.3 Å². The van der Waals surface area contributed by atoms with E-state index in [4.69, 9.17) is 10.4 Å². The van der Waals surface area contributed by atoms with Gasteiger partial charge in [-0.05, 0) is 46.3 Å². The van der Waals surface area contributed by atoms with Crippen LogP contribution in [0.1, 0.15) is 15.2 Å². The number of nitrogens with one attached hydrogen (secondary N) is 1. The lowest BCUT2D eigenvalue weighted by atomic mass is 10.1. The molecular formula is C15H9BrN2O3S. The van der Waals surface area contributed by atoms with Crippen LogP contribution in [0.15, 0.2) is 45.8 Å².